The van der Waals surface area contributed by atoms with E-state index < -0.39 is 16.1 Å². The minimum Gasteiger partial charge on any atom is -0.496 e. The lowest BCUT2D eigenvalue weighted by Crippen LogP contribution is -2.45. The Morgan fingerprint density at radius 3 is 2.64 bits per heavy atom. The Balaban J connectivity index is 2.37. The predicted molar refractivity (Wildman–Crippen MR) is 86.3 cm³/mol. The molecule has 1 atom stereocenters. The topological polar surface area (TPSA) is 66.9 Å². The van der Waals surface area contributed by atoms with Gasteiger partial charge in [0.05, 0.1) is 16.5 Å². The SMILES string of the molecule is COc1ccc(S(=O)(=O)N2CCCC2C(=O)N(C)C)cc1Br. The van der Waals surface area contributed by atoms with Crippen LogP contribution in [-0.2, 0) is 14.8 Å². The second kappa shape index (κ2) is 6.55. The minimum atomic E-state index is -3.71. The number of ether oxygens (including phenoxy) is 1. The molecule has 0 N–H and O–H groups in total. The van der Waals surface area contributed by atoms with Gasteiger partial charge in [0.2, 0.25) is 15.9 Å². The number of nitrogens with zero attached hydrogens (tertiary/aromatic N) is 2. The minimum absolute atomic E-state index is 0.152. The van der Waals surface area contributed by atoms with Crippen LogP contribution in [0.4, 0.5) is 0 Å². The number of sulfonamides is 1. The first kappa shape index (κ1) is 17.2. The van der Waals surface area contributed by atoms with Gasteiger partial charge < -0.3 is 9.64 Å². The van der Waals surface area contributed by atoms with Crippen molar-refractivity contribution in [2.45, 2.75) is 23.8 Å². The van der Waals surface area contributed by atoms with Crippen LogP contribution in [0.5, 0.6) is 5.75 Å². The van der Waals surface area contributed by atoms with Gasteiger partial charge in [-0.2, -0.15) is 4.31 Å². The van der Waals surface area contributed by atoms with Crippen molar-refractivity contribution >= 4 is 31.9 Å². The van der Waals surface area contributed by atoms with Crippen LogP contribution in [0.25, 0.3) is 0 Å². The number of methoxy groups -OCH3 is 1. The first-order chi connectivity index (χ1) is 10.3. The molecule has 0 bridgehead atoms. The van der Waals surface area contributed by atoms with Crippen LogP contribution in [-0.4, -0.2) is 57.3 Å². The summed E-state index contributed by atoms with van der Waals surface area (Å²) < 4.78 is 32.6. The van der Waals surface area contributed by atoms with Crippen molar-refractivity contribution in [3.63, 3.8) is 0 Å². The molecule has 2 rings (SSSR count). The maximum atomic E-state index is 12.8. The Morgan fingerprint density at radius 2 is 2.09 bits per heavy atom. The maximum Gasteiger partial charge on any atom is 0.243 e. The van der Waals surface area contributed by atoms with Gasteiger partial charge in [0, 0.05) is 20.6 Å². The van der Waals surface area contributed by atoms with Gasteiger partial charge >= 0.3 is 0 Å². The van der Waals surface area contributed by atoms with E-state index in [0.717, 1.165) is 0 Å². The number of benzene rings is 1. The van der Waals surface area contributed by atoms with Gasteiger partial charge in [-0.3, -0.25) is 4.79 Å². The largest absolute Gasteiger partial charge is 0.496 e. The van der Waals surface area contributed by atoms with E-state index in [1.165, 1.54) is 28.4 Å². The van der Waals surface area contributed by atoms with Gasteiger partial charge in [0.25, 0.3) is 0 Å². The van der Waals surface area contributed by atoms with Gasteiger partial charge in [0.1, 0.15) is 11.8 Å². The normalized spacial score (nSPS) is 19.2. The Kier molecular flexibility index (Phi) is 5.14. The molecule has 0 saturated carbocycles. The zero-order chi connectivity index (χ0) is 16.5. The van der Waals surface area contributed by atoms with E-state index in [9.17, 15) is 13.2 Å². The Morgan fingerprint density at radius 1 is 1.41 bits per heavy atom. The second-order valence-corrected chi connectivity index (χ2v) is 8.05. The molecule has 1 fully saturated rings. The standard InChI is InChI=1S/C14H19BrN2O4S/c1-16(2)14(18)12-5-4-8-17(12)22(19,20)10-6-7-13(21-3)11(15)9-10/h6-7,9,12H,4-5,8H2,1-3H3. The molecule has 0 aliphatic carbocycles. The summed E-state index contributed by atoms with van der Waals surface area (Å²) in [4.78, 5) is 13.8. The molecule has 22 heavy (non-hydrogen) atoms. The van der Waals surface area contributed by atoms with Crippen LogP contribution in [0.2, 0.25) is 0 Å². The van der Waals surface area contributed by atoms with E-state index in [-0.39, 0.29) is 10.8 Å². The summed E-state index contributed by atoms with van der Waals surface area (Å²) in [5, 5.41) is 0. The summed E-state index contributed by atoms with van der Waals surface area (Å²) in [5.41, 5.74) is 0. The third-order valence-corrected chi connectivity index (χ3v) is 6.18. The molecule has 1 heterocycles. The van der Waals surface area contributed by atoms with Crippen LogP contribution in [0, 0.1) is 0 Å². The lowest BCUT2D eigenvalue weighted by Gasteiger charge is -2.25. The molecule has 1 aliphatic heterocycles. The fourth-order valence-corrected chi connectivity index (χ4v) is 4.89. The number of hydrogen-bond donors (Lipinski definition) is 0. The van der Waals surface area contributed by atoms with Crippen LogP contribution in [0.1, 0.15) is 12.8 Å². The predicted octanol–water partition coefficient (Wildman–Crippen LogP) is 1.70. The highest BCUT2D eigenvalue weighted by atomic mass is 79.9. The molecule has 1 aromatic carbocycles. The van der Waals surface area contributed by atoms with Crippen molar-refractivity contribution in [3.8, 4) is 5.75 Å². The molecule has 1 unspecified atom stereocenters. The third-order valence-electron chi connectivity index (χ3n) is 3.66. The number of carbonyl (C=O) groups excluding carboxylic acids is 1. The Labute approximate surface area is 139 Å². The Bertz CT molecular complexity index is 675. The number of amides is 1. The fraction of sp³-hybridized carbons (Fsp3) is 0.500. The lowest BCUT2D eigenvalue weighted by atomic mass is 10.2. The van der Waals surface area contributed by atoms with Crippen LogP contribution < -0.4 is 4.74 Å². The van der Waals surface area contributed by atoms with Gasteiger partial charge in [-0.15, -0.1) is 0 Å². The zero-order valence-corrected chi connectivity index (χ0v) is 15.1. The molecule has 1 saturated heterocycles. The molecule has 1 aliphatic rings. The van der Waals surface area contributed by atoms with E-state index in [0.29, 0.717) is 29.6 Å². The number of likely N-dealkylation sites (N-methyl/N-ethyl adjacent to an activating group) is 1. The first-order valence-electron chi connectivity index (χ1n) is 6.85. The van der Waals surface area contributed by atoms with Crippen molar-refractivity contribution in [3.05, 3.63) is 22.7 Å². The fourth-order valence-electron chi connectivity index (χ4n) is 2.52. The van der Waals surface area contributed by atoms with Crippen molar-refractivity contribution < 1.29 is 17.9 Å². The molecule has 1 aromatic rings. The summed E-state index contributed by atoms with van der Waals surface area (Å²) in [6.45, 7) is 0.357. The van der Waals surface area contributed by atoms with E-state index in [2.05, 4.69) is 15.9 Å². The van der Waals surface area contributed by atoms with Crippen molar-refractivity contribution in [1.82, 2.24) is 9.21 Å². The van der Waals surface area contributed by atoms with Crippen LogP contribution in [0.15, 0.2) is 27.6 Å². The smallest absolute Gasteiger partial charge is 0.243 e. The van der Waals surface area contributed by atoms with Crippen molar-refractivity contribution in [2.24, 2.45) is 0 Å². The summed E-state index contributed by atoms with van der Waals surface area (Å²) >= 11 is 3.29. The molecule has 1 amide bonds. The highest BCUT2D eigenvalue weighted by Crippen LogP contribution is 2.31. The molecular weight excluding hydrogens is 372 g/mol. The van der Waals surface area contributed by atoms with Crippen molar-refractivity contribution in [1.29, 1.82) is 0 Å². The number of hydrogen-bond acceptors (Lipinski definition) is 4. The number of carbonyl (C=O) groups is 1. The van der Waals surface area contributed by atoms with Gasteiger partial charge in [-0.1, -0.05) is 0 Å². The average molecular weight is 391 g/mol. The van der Waals surface area contributed by atoms with Crippen LogP contribution >= 0.6 is 15.9 Å². The second-order valence-electron chi connectivity index (χ2n) is 5.30. The first-order valence-corrected chi connectivity index (χ1v) is 9.09. The Hall–Kier alpha value is -1.12. The highest BCUT2D eigenvalue weighted by Gasteiger charge is 2.40. The molecule has 0 aromatic heterocycles. The van der Waals surface area contributed by atoms with E-state index in [1.807, 2.05) is 0 Å². The summed E-state index contributed by atoms with van der Waals surface area (Å²) in [6, 6.07) is 3.97. The molecule has 122 valence electrons. The van der Waals surface area contributed by atoms with Crippen molar-refractivity contribution in [2.75, 3.05) is 27.7 Å². The van der Waals surface area contributed by atoms with E-state index >= 15 is 0 Å². The third kappa shape index (κ3) is 3.13. The van der Waals surface area contributed by atoms with Gasteiger partial charge in [-0.25, -0.2) is 8.42 Å². The summed E-state index contributed by atoms with van der Waals surface area (Å²) in [7, 11) is 1.07. The highest BCUT2D eigenvalue weighted by molar-refractivity contribution is 9.10. The molecule has 6 nitrogen and oxygen atoms in total. The molecule has 0 radical (unpaired) electrons. The van der Waals surface area contributed by atoms with Gasteiger partial charge in [-0.05, 0) is 47.0 Å². The summed E-state index contributed by atoms with van der Waals surface area (Å²) in [5.74, 6) is 0.370. The molecule has 0 spiro atoms. The van der Waals surface area contributed by atoms with Gasteiger partial charge in [0.15, 0.2) is 0 Å². The maximum absolute atomic E-state index is 12.8. The average Bonchev–Trinajstić information content (AvgIpc) is 2.96. The van der Waals surface area contributed by atoms with E-state index in [4.69, 9.17) is 4.74 Å². The molecular formula is C14H19BrN2O4S. The zero-order valence-electron chi connectivity index (χ0n) is 12.7. The summed E-state index contributed by atoms with van der Waals surface area (Å²) in [6.07, 6.45) is 1.23. The quantitative estimate of drug-likeness (QED) is 0.784. The van der Waals surface area contributed by atoms with Crippen LogP contribution in [0.3, 0.4) is 0 Å². The lowest BCUT2D eigenvalue weighted by molar-refractivity contribution is -0.132. The molecule has 8 heteroatoms. The monoisotopic (exact) mass is 390 g/mol. The number of rotatable bonds is 4. The number of halogens is 1. The van der Waals surface area contributed by atoms with E-state index in [1.54, 1.807) is 20.2 Å².